The Morgan fingerprint density at radius 2 is 1.82 bits per heavy atom. The van der Waals surface area contributed by atoms with E-state index in [9.17, 15) is 20.0 Å². The van der Waals surface area contributed by atoms with Crippen LogP contribution in [0.5, 0.6) is 0 Å². The molecule has 0 spiro atoms. The van der Waals surface area contributed by atoms with Crippen LogP contribution in [0.1, 0.15) is 45.8 Å². The van der Waals surface area contributed by atoms with E-state index in [1.54, 1.807) is 0 Å². The zero-order valence-corrected chi connectivity index (χ0v) is 13.3. The lowest BCUT2D eigenvalue weighted by molar-refractivity contribution is -0.384. The molecule has 0 aliphatic carbocycles. The van der Waals surface area contributed by atoms with Gasteiger partial charge in [-0.3, -0.25) is 14.9 Å². The number of nitrogens with one attached hydrogen (secondary N) is 1. The van der Waals surface area contributed by atoms with Crippen molar-refractivity contribution in [3.63, 3.8) is 0 Å². The SMILES string of the molecule is CC1(C)CC(=O)[C@H]([C@@H](O)c2ccc([N+](=O)[O-])cc2)C(C)(C)N1. The molecule has 1 heterocycles. The van der Waals surface area contributed by atoms with Crippen LogP contribution in [0.3, 0.4) is 0 Å². The summed E-state index contributed by atoms with van der Waals surface area (Å²) >= 11 is 0. The van der Waals surface area contributed by atoms with Crippen molar-refractivity contribution in [2.24, 2.45) is 5.92 Å². The topological polar surface area (TPSA) is 92.5 Å². The standard InChI is InChI=1S/C16H22N2O4/c1-15(2)9-12(19)13(16(3,4)17-15)14(20)10-5-7-11(8-6-10)18(21)22/h5-8,13-14,17,20H,9H2,1-4H3/t13-,14+/m1/s1. The molecular formula is C16H22N2O4. The molecule has 2 atom stereocenters. The second-order valence-corrected chi connectivity index (χ2v) is 7.14. The number of Topliss-reactive ketones (excluding diaryl/α,β-unsaturated/α-hetero) is 1. The minimum absolute atomic E-state index is 0.000368. The van der Waals surface area contributed by atoms with Gasteiger partial charge < -0.3 is 10.4 Å². The Kier molecular flexibility index (Phi) is 4.10. The molecule has 6 nitrogen and oxygen atoms in total. The highest BCUT2D eigenvalue weighted by Gasteiger charge is 2.48. The van der Waals surface area contributed by atoms with Crippen LogP contribution in [0.25, 0.3) is 0 Å². The van der Waals surface area contributed by atoms with E-state index < -0.39 is 22.5 Å². The zero-order chi connectivity index (χ0) is 16.7. The molecule has 120 valence electrons. The fourth-order valence-corrected chi connectivity index (χ4v) is 3.50. The first-order chi connectivity index (χ1) is 10.0. The van der Waals surface area contributed by atoms with E-state index in [1.165, 1.54) is 24.3 Å². The first-order valence-corrected chi connectivity index (χ1v) is 7.28. The molecular weight excluding hydrogens is 284 g/mol. The monoisotopic (exact) mass is 306 g/mol. The van der Waals surface area contributed by atoms with E-state index in [1.807, 2.05) is 27.7 Å². The highest BCUT2D eigenvalue weighted by molar-refractivity contribution is 5.85. The van der Waals surface area contributed by atoms with Gasteiger partial charge in [0.25, 0.3) is 5.69 Å². The summed E-state index contributed by atoms with van der Waals surface area (Å²) in [5.41, 5.74) is -0.408. The third kappa shape index (κ3) is 3.18. The third-order valence-electron chi connectivity index (χ3n) is 4.16. The van der Waals surface area contributed by atoms with Crippen molar-refractivity contribution >= 4 is 11.5 Å². The highest BCUT2D eigenvalue weighted by atomic mass is 16.6. The number of non-ortho nitro benzene ring substituents is 1. The van der Waals surface area contributed by atoms with E-state index >= 15 is 0 Å². The summed E-state index contributed by atoms with van der Waals surface area (Å²) in [6.07, 6.45) is -0.655. The summed E-state index contributed by atoms with van der Waals surface area (Å²) in [7, 11) is 0. The molecule has 6 heteroatoms. The molecule has 22 heavy (non-hydrogen) atoms. The molecule has 1 aliphatic heterocycles. The fourth-order valence-electron chi connectivity index (χ4n) is 3.50. The normalized spacial score (nSPS) is 24.8. The van der Waals surface area contributed by atoms with Crippen molar-refractivity contribution in [3.05, 3.63) is 39.9 Å². The van der Waals surface area contributed by atoms with Crippen LogP contribution < -0.4 is 5.32 Å². The maximum atomic E-state index is 12.5. The summed E-state index contributed by atoms with van der Waals surface area (Å²) < 4.78 is 0. The van der Waals surface area contributed by atoms with Crippen LogP contribution in [0.2, 0.25) is 0 Å². The first kappa shape index (κ1) is 16.6. The number of nitrogens with zero attached hydrogens (tertiary/aromatic N) is 1. The molecule has 2 rings (SSSR count). The predicted molar refractivity (Wildman–Crippen MR) is 82.5 cm³/mol. The van der Waals surface area contributed by atoms with Crippen molar-refractivity contribution < 1.29 is 14.8 Å². The number of ketones is 1. The van der Waals surface area contributed by atoms with Gasteiger partial charge in [-0.15, -0.1) is 0 Å². The van der Waals surface area contributed by atoms with Gasteiger partial charge in [0.1, 0.15) is 5.78 Å². The molecule has 0 radical (unpaired) electrons. The van der Waals surface area contributed by atoms with Crippen molar-refractivity contribution in [2.75, 3.05) is 0 Å². The largest absolute Gasteiger partial charge is 0.388 e. The molecule has 1 aromatic carbocycles. The summed E-state index contributed by atoms with van der Waals surface area (Å²) in [4.78, 5) is 22.7. The Balaban J connectivity index is 2.29. The number of nitro groups is 1. The van der Waals surface area contributed by atoms with Gasteiger partial charge >= 0.3 is 0 Å². The summed E-state index contributed by atoms with van der Waals surface area (Å²) in [5.74, 6) is -0.596. The van der Waals surface area contributed by atoms with Crippen LogP contribution in [-0.4, -0.2) is 26.9 Å². The molecule has 2 N–H and O–H groups in total. The van der Waals surface area contributed by atoms with Crippen LogP contribution in [0, 0.1) is 16.0 Å². The maximum Gasteiger partial charge on any atom is 0.269 e. The Hall–Kier alpha value is -1.79. The van der Waals surface area contributed by atoms with Gasteiger partial charge in [-0.05, 0) is 45.4 Å². The first-order valence-electron chi connectivity index (χ1n) is 7.28. The second kappa shape index (κ2) is 5.44. The number of piperidine rings is 1. The molecule has 0 bridgehead atoms. The predicted octanol–water partition coefficient (Wildman–Crippen LogP) is 2.36. The molecule has 1 aromatic rings. The van der Waals surface area contributed by atoms with Crippen LogP contribution >= 0.6 is 0 Å². The Morgan fingerprint density at radius 1 is 1.27 bits per heavy atom. The van der Waals surface area contributed by atoms with E-state index in [4.69, 9.17) is 0 Å². The number of rotatable bonds is 3. The van der Waals surface area contributed by atoms with E-state index in [-0.39, 0.29) is 17.0 Å². The van der Waals surface area contributed by atoms with Gasteiger partial charge in [0, 0.05) is 29.6 Å². The van der Waals surface area contributed by atoms with E-state index in [0.717, 1.165) is 0 Å². The smallest absolute Gasteiger partial charge is 0.269 e. The number of benzene rings is 1. The highest BCUT2D eigenvalue weighted by Crippen LogP contribution is 2.38. The third-order valence-corrected chi connectivity index (χ3v) is 4.16. The molecule has 0 amide bonds. The van der Waals surface area contributed by atoms with Crippen LogP contribution in [-0.2, 0) is 4.79 Å². The molecule has 0 aromatic heterocycles. The van der Waals surface area contributed by atoms with Gasteiger partial charge in [-0.2, -0.15) is 0 Å². The number of nitro benzene ring substituents is 1. The van der Waals surface area contributed by atoms with Gasteiger partial charge in [-0.25, -0.2) is 0 Å². The van der Waals surface area contributed by atoms with Crippen molar-refractivity contribution in [1.82, 2.24) is 5.32 Å². The van der Waals surface area contributed by atoms with Crippen molar-refractivity contribution in [3.8, 4) is 0 Å². The fraction of sp³-hybridized carbons (Fsp3) is 0.562. The summed E-state index contributed by atoms with van der Waals surface area (Å²) in [6, 6.07) is 5.70. The van der Waals surface area contributed by atoms with Gasteiger partial charge in [0.05, 0.1) is 16.9 Å². The number of aliphatic hydroxyl groups is 1. The van der Waals surface area contributed by atoms with Gasteiger partial charge in [0.2, 0.25) is 0 Å². The number of hydrogen-bond acceptors (Lipinski definition) is 5. The Morgan fingerprint density at radius 3 is 2.27 bits per heavy atom. The lowest BCUT2D eigenvalue weighted by atomic mass is 9.70. The summed E-state index contributed by atoms with van der Waals surface area (Å²) in [6.45, 7) is 7.71. The zero-order valence-electron chi connectivity index (χ0n) is 13.3. The van der Waals surface area contributed by atoms with Crippen molar-refractivity contribution in [2.45, 2.75) is 51.3 Å². The molecule has 0 saturated carbocycles. The van der Waals surface area contributed by atoms with Gasteiger partial charge in [-0.1, -0.05) is 0 Å². The Labute approximate surface area is 129 Å². The molecule has 1 saturated heterocycles. The van der Waals surface area contributed by atoms with Crippen molar-refractivity contribution in [1.29, 1.82) is 0 Å². The summed E-state index contributed by atoms with van der Waals surface area (Å²) in [5, 5.41) is 24.7. The Bertz CT molecular complexity index is 593. The molecule has 1 aliphatic rings. The van der Waals surface area contributed by atoms with E-state index in [0.29, 0.717) is 12.0 Å². The van der Waals surface area contributed by atoms with Gasteiger partial charge in [0.15, 0.2) is 0 Å². The minimum atomic E-state index is -0.994. The lowest BCUT2D eigenvalue weighted by Crippen LogP contribution is -2.64. The average Bonchev–Trinajstić information content (AvgIpc) is 2.35. The minimum Gasteiger partial charge on any atom is -0.388 e. The maximum absolute atomic E-state index is 12.5. The molecule has 0 unspecified atom stereocenters. The second-order valence-electron chi connectivity index (χ2n) is 7.14. The van der Waals surface area contributed by atoms with E-state index in [2.05, 4.69) is 5.32 Å². The number of carbonyl (C=O) groups excluding carboxylic acids is 1. The molecule has 1 fully saturated rings. The lowest BCUT2D eigenvalue weighted by Gasteiger charge is -2.48. The van der Waals surface area contributed by atoms with Crippen LogP contribution in [0.15, 0.2) is 24.3 Å². The quantitative estimate of drug-likeness (QED) is 0.660. The number of hydrogen-bond donors (Lipinski definition) is 2. The average molecular weight is 306 g/mol. The van der Waals surface area contributed by atoms with Crippen LogP contribution in [0.4, 0.5) is 5.69 Å². The number of aliphatic hydroxyl groups excluding tert-OH is 1. The number of carbonyl (C=O) groups is 1.